The largest absolute Gasteiger partial charge is 0.396 e. The van der Waals surface area contributed by atoms with Crippen molar-refractivity contribution in [2.75, 3.05) is 20.2 Å². The molecular formula is C18H24ClN3O2. The third kappa shape index (κ3) is 3.91. The van der Waals surface area contributed by atoms with Gasteiger partial charge in [-0.05, 0) is 37.6 Å². The second kappa shape index (κ2) is 7.55. The number of hydrogen-bond acceptors (Lipinski definition) is 3. The number of amides is 2. The molecule has 1 aliphatic carbocycles. The molecule has 1 saturated heterocycles. The van der Waals surface area contributed by atoms with Crippen molar-refractivity contribution in [3.05, 3.63) is 47.0 Å². The van der Waals surface area contributed by atoms with Gasteiger partial charge in [0.05, 0.1) is 12.1 Å². The molecule has 0 aromatic heterocycles. The zero-order valence-electron chi connectivity index (χ0n) is 13.8. The molecule has 2 aliphatic rings. The monoisotopic (exact) mass is 349 g/mol. The van der Waals surface area contributed by atoms with Gasteiger partial charge in [-0.15, -0.1) is 0 Å². The van der Waals surface area contributed by atoms with Crippen LogP contribution in [0.1, 0.15) is 24.4 Å². The lowest BCUT2D eigenvalue weighted by Crippen LogP contribution is -2.47. The fraction of sp³-hybridized carbons (Fsp3) is 0.500. The van der Waals surface area contributed by atoms with E-state index in [0.717, 1.165) is 24.9 Å². The quantitative estimate of drug-likeness (QED) is 0.731. The number of nitrogens with zero attached hydrogens (tertiary/aromatic N) is 1. The first-order chi connectivity index (χ1) is 11.6. The average molecular weight is 350 g/mol. The van der Waals surface area contributed by atoms with E-state index >= 15 is 0 Å². The highest BCUT2D eigenvalue weighted by Crippen LogP contribution is 2.31. The molecular weight excluding hydrogens is 326 g/mol. The molecule has 3 N–H and O–H groups in total. The predicted molar refractivity (Wildman–Crippen MR) is 95.0 cm³/mol. The normalized spacial score (nSPS) is 29.8. The number of hydrogen-bond donors (Lipinski definition) is 3. The maximum absolute atomic E-state index is 12.3. The summed E-state index contributed by atoms with van der Waals surface area (Å²) in [6.07, 6.45) is 5.59. The highest BCUT2D eigenvalue weighted by atomic mass is 35.5. The second-order valence-electron chi connectivity index (χ2n) is 6.66. The first-order valence-electron chi connectivity index (χ1n) is 8.38. The van der Waals surface area contributed by atoms with Gasteiger partial charge in [0.2, 0.25) is 0 Å². The molecule has 0 bridgehead atoms. The lowest BCUT2D eigenvalue weighted by Gasteiger charge is -2.27. The Bertz CT molecular complexity index is 605. The van der Waals surface area contributed by atoms with Crippen molar-refractivity contribution in [1.82, 2.24) is 15.5 Å². The summed E-state index contributed by atoms with van der Waals surface area (Å²) < 4.78 is 0. The number of aliphatic hydroxyl groups excluding tert-OH is 1. The summed E-state index contributed by atoms with van der Waals surface area (Å²) in [5.41, 5.74) is 1.16. The molecule has 1 aliphatic heterocycles. The van der Waals surface area contributed by atoms with Crippen LogP contribution in [0.2, 0.25) is 5.02 Å². The van der Waals surface area contributed by atoms with Crippen LogP contribution in [0.5, 0.6) is 0 Å². The van der Waals surface area contributed by atoms with E-state index in [4.69, 9.17) is 16.7 Å². The summed E-state index contributed by atoms with van der Waals surface area (Å²) in [5, 5.41) is 16.0. The third-order valence-corrected chi connectivity index (χ3v) is 5.15. The molecule has 1 aromatic carbocycles. The van der Waals surface area contributed by atoms with Crippen molar-refractivity contribution >= 4 is 17.6 Å². The van der Waals surface area contributed by atoms with Crippen molar-refractivity contribution in [3.63, 3.8) is 0 Å². The fourth-order valence-corrected chi connectivity index (χ4v) is 3.77. The van der Waals surface area contributed by atoms with E-state index in [0.29, 0.717) is 5.02 Å². The van der Waals surface area contributed by atoms with Gasteiger partial charge in [0.1, 0.15) is 0 Å². The Hall–Kier alpha value is -1.56. The van der Waals surface area contributed by atoms with E-state index in [1.54, 1.807) is 0 Å². The number of rotatable bonds is 4. The molecule has 24 heavy (non-hydrogen) atoms. The Labute approximate surface area is 147 Å². The topological polar surface area (TPSA) is 64.6 Å². The molecule has 130 valence electrons. The minimum Gasteiger partial charge on any atom is -0.396 e. The minimum absolute atomic E-state index is 0.00438. The van der Waals surface area contributed by atoms with Crippen LogP contribution in [0.15, 0.2) is 36.4 Å². The number of halogens is 1. The first kappa shape index (κ1) is 17.3. The van der Waals surface area contributed by atoms with Gasteiger partial charge in [-0.2, -0.15) is 0 Å². The molecule has 0 spiro atoms. The fourth-order valence-electron chi connectivity index (χ4n) is 3.64. The number of likely N-dealkylation sites (tertiary alicyclic amines) is 1. The minimum atomic E-state index is -0.150. The Morgan fingerprint density at radius 1 is 1.29 bits per heavy atom. The third-order valence-electron chi connectivity index (χ3n) is 4.90. The van der Waals surface area contributed by atoms with E-state index in [-0.39, 0.29) is 36.7 Å². The SMILES string of the molecule is CN1CCC(NC(=O)N[C@@H]2C=C[C@H](CO)C2)C1c1ccc(Cl)cc1. The summed E-state index contributed by atoms with van der Waals surface area (Å²) >= 11 is 5.98. The summed E-state index contributed by atoms with van der Waals surface area (Å²) in [6, 6.07) is 7.88. The Morgan fingerprint density at radius 2 is 2.04 bits per heavy atom. The van der Waals surface area contributed by atoms with Crippen LogP contribution >= 0.6 is 11.6 Å². The predicted octanol–water partition coefficient (Wildman–Crippen LogP) is 2.32. The Balaban J connectivity index is 1.60. The van der Waals surface area contributed by atoms with Crippen molar-refractivity contribution in [2.45, 2.75) is 31.0 Å². The van der Waals surface area contributed by atoms with E-state index in [1.807, 2.05) is 36.4 Å². The molecule has 1 fully saturated rings. The van der Waals surface area contributed by atoms with Gasteiger partial charge >= 0.3 is 6.03 Å². The van der Waals surface area contributed by atoms with Crippen molar-refractivity contribution in [2.24, 2.45) is 5.92 Å². The van der Waals surface area contributed by atoms with E-state index < -0.39 is 0 Å². The highest BCUT2D eigenvalue weighted by molar-refractivity contribution is 6.30. The van der Waals surface area contributed by atoms with E-state index in [2.05, 4.69) is 22.6 Å². The van der Waals surface area contributed by atoms with Gasteiger partial charge < -0.3 is 15.7 Å². The molecule has 0 saturated carbocycles. The smallest absolute Gasteiger partial charge is 0.315 e. The van der Waals surface area contributed by atoms with Crippen LogP contribution in [0.4, 0.5) is 4.79 Å². The molecule has 2 amide bonds. The number of benzene rings is 1. The summed E-state index contributed by atoms with van der Waals surface area (Å²) in [6.45, 7) is 1.07. The van der Waals surface area contributed by atoms with Gasteiger partial charge in [-0.1, -0.05) is 35.9 Å². The maximum atomic E-state index is 12.3. The summed E-state index contributed by atoms with van der Waals surface area (Å²) in [5.74, 6) is 0.148. The first-order valence-corrected chi connectivity index (χ1v) is 8.76. The number of carbonyl (C=O) groups excluding carboxylic acids is 1. The molecule has 6 heteroatoms. The van der Waals surface area contributed by atoms with Crippen LogP contribution in [0, 0.1) is 5.92 Å². The lowest BCUT2D eigenvalue weighted by atomic mass is 10.0. The van der Waals surface area contributed by atoms with Gasteiger partial charge in [-0.25, -0.2) is 4.79 Å². The maximum Gasteiger partial charge on any atom is 0.315 e. The zero-order chi connectivity index (χ0) is 17.1. The van der Waals surface area contributed by atoms with Crippen molar-refractivity contribution in [3.8, 4) is 0 Å². The summed E-state index contributed by atoms with van der Waals surface area (Å²) in [7, 11) is 2.07. The Kier molecular flexibility index (Phi) is 5.43. The van der Waals surface area contributed by atoms with Crippen LogP contribution in [-0.2, 0) is 0 Å². The molecule has 1 heterocycles. The number of aliphatic hydroxyl groups is 1. The van der Waals surface area contributed by atoms with Gasteiger partial charge in [0.25, 0.3) is 0 Å². The van der Waals surface area contributed by atoms with Crippen LogP contribution in [0.3, 0.4) is 0 Å². The Morgan fingerprint density at radius 3 is 2.71 bits per heavy atom. The number of likely N-dealkylation sites (N-methyl/N-ethyl adjacent to an activating group) is 1. The standard InChI is InChI=1S/C18H24ClN3O2/c1-22-9-8-16(17(22)13-3-5-14(19)6-4-13)21-18(24)20-15-7-2-12(10-15)11-23/h2-7,12,15-17,23H,8-11H2,1H3,(H2,20,21,24)/t12-,15+,16?,17?/m0/s1. The number of nitrogens with one attached hydrogen (secondary N) is 2. The molecule has 1 aromatic rings. The number of urea groups is 1. The van der Waals surface area contributed by atoms with Crippen LogP contribution < -0.4 is 10.6 Å². The van der Waals surface area contributed by atoms with Crippen LogP contribution in [0.25, 0.3) is 0 Å². The zero-order valence-corrected chi connectivity index (χ0v) is 14.5. The van der Waals surface area contributed by atoms with Gasteiger partial charge in [0, 0.05) is 30.1 Å². The van der Waals surface area contributed by atoms with E-state index in [1.165, 1.54) is 0 Å². The highest BCUT2D eigenvalue weighted by Gasteiger charge is 2.34. The summed E-state index contributed by atoms with van der Waals surface area (Å²) in [4.78, 5) is 14.6. The second-order valence-corrected chi connectivity index (χ2v) is 7.10. The molecule has 4 atom stereocenters. The van der Waals surface area contributed by atoms with Crippen molar-refractivity contribution < 1.29 is 9.90 Å². The van der Waals surface area contributed by atoms with Crippen molar-refractivity contribution in [1.29, 1.82) is 0 Å². The molecule has 2 unspecified atom stereocenters. The van der Waals surface area contributed by atoms with Crippen LogP contribution in [-0.4, -0.2) is 48.3 Å². The number of carbonyl (C=O) groups is 1. The van der Waals surface area contributed by atoms with Gasteiger partial charge in [0.15, 0.2) is 0 Å². The average Bonchev–Trinajstić information content (AvgIpc) is 3.15. The molecule has 3 rings (SSSR count). The lowest BCUT2D eigenvalue weighted by molar-refractivity contribution is 0.223. The van der Waals surface area contributed by atoms with E-state index in [9.17, 15) is 4.79 Å². The van der Waals surface area contributed by atoms with Gasteiger partial charge in [-0.3, -0.25) is 4.90 Å². The molecule has 0 radical (unpaired) electrons. The molecule has 5 nitrogen and oxygen atoms in total.